The van der Waals surface area contributed by atoms with Crippen LogP contribution >= 0.6 is 15.9 Å². The van der Waals surface area contributed by atoms with Crippen LogP contribution in [0.15, 0.2) is 22.7 Å². The molecule has 0 unspecified atom stereocenters. The second-order valence-corrected chi connectivity index (χ2v) is 5.78. The zero-order valence-corrected chi connectivity index (χ0v) is 12.1. The minimum Gasteiger partial charge on any atom is -0.381 e. The average molecular weight is 298 g/mol. The maximum atomic E-state index is 5.43. The third kappa shape index (κ3) is 3.54. The molecule has 1 aromatic carbocycles. The zero-order chi connectivity index (χ0) is 12.3. The van der Waals surface area contributed by atoms with Crippen molar-refractivity contribution >= 4 is 15.9 Å². The molecule has 1 aromatic rings. The van der Waals surface area contributed by atoms with Crippen molar-refractivity contribution in [1.29, 1.82) is 0 Å². The predicted octanol–water partition coefficient (Wildman–Crippen LogP) is 3.27. The summed E-state index contributed by atoms with van der Waals surface area (Å²) in [5.74, 6) is 0.669. The van der Waals surface area contributed by atoms with Crippen molar-refractivity contribution in [2.75, 3.05) is 13.2 Å². The van der Waals surface area contributed by atoms with Gasteiger partial charge in [0.2, 0.25) is 0 Å². The van der Waals surface area contributed by atoms with Crippen LogP contribution in [0, 0.1) is 12.8 Å². The molecule has 2 rings (SSSR count). The SMILES string of the molecule is Cc1ccc(Br)cc1CN[C@H](C)[C@@H]1CCOC1. The van der Waals surface area contributed by atoms with Gasteiger partial charge < -0.3 is 10.1 Å². The van der Waals surface area contributed by atoms with E-state index in [4.69, 9.17) is 4.74 Å². The Hall–Kier alpha value is -0.380. The fourth-order valence-electron chi connectivity index (χ4n) is 2.22. The number of hydrogen-bond acceptors (Lipinski definition) is 2. The lowest BCUT2D eigenvalue weighted by atomic mass is 10.00. The first-order valence-electron chi connectivity index (χ1n) is 6.23. The van der Waals surface area contributed by atoms with Crippen LogP contribution in [0.2, 0.25) is 0 Å². The van der Waals surface area contributed by atoms with Gasteiger partial charge in [-0.05, 0) is 49.4 Å². The van der Waals surface area contributed by atoms with E-state index in [9.17, 15) is 0 Å². The highest BCUT2D eigenvalue weighted by Crippen LogP contribution is 2.19. The summed E-state index contributed by atoms with van der Waals surface area (Å²) in [6.07, 6.45) is 1.19. The summed E-state index contributed by atoms with van der Waals surface area (Å²) in [5, 5.41) is 3.61. The van der Waals surface area contributed by atoms with Gasteiger partial charge in [-0.2, -0.15) is 0 Å². The van der Waals surface area contributed by atoms with Gasteiger partial charge in [-0.25, -0.2) is 0 Å². The molecule has 1 saturated heterocycles. The van der Waals surface area contributed by atoms with Crippen molar-refractivity contribution in [3.8, 4) is 0 Å². The number of benzene rings is 1. The average Bonchev–Trinajstić information content (AvgIpc) is 2.83. The van der Waals surface area contributed by atoms with E-state index in [1.165, 1.54) is 17.5 Å². The molecule has 17 heavy (non-hydrogen) atoms. The van der Waals surface area contributed by atoms with E-state index in [1.54, 1.807) is 0 Å². The van der Waals surface area contributed by atoms with Gasteiger partial charge in [0.15, 0.2) is 0 Å². The second kappa shape index (κ2) is 5.98. The van der Waals surface area contributed by atoms with Crippen molar-refractivity contribution < 1.29 is 4.74 Å². The highest BCUT2D eigenvalue weighted by Gasteiger charge is 2.21. The van der Waals surface area contributed by atoms with Gasteiger partial charge in [-0.15, -0.1) is 0 Å². The molecule has 0 bridgehead atoms. The Morgan fingerprint density at radius 1 is 1.53 bits per heavy atom. The van der Waals surface area contributed by atoms with Crippen LogP contribution in [0.1, 0.15) is 24.5 Å². The lowest BCUT2D eigenvalue weighted by Gasteiger charge is -2.20. The molecule has 1 aliphatic rings. The second-order valence-electron chi connectivity index (χ2n) is 4.86. The van der Waals surface area contributed by atoms with E-state index in [2.05, 4.69) is 53.3 Å². The number of aryl methyl sites for hydroxylation is 1. The molecule has 2 nitrogen and oxygen atoms in total. The molecular weight excluding hydrogens is 278 g/mol. The Kier molecular flexibility index (Phi) is 4.60. The summed E-state index contributed by atoms with van der Waals surface area (Å²) in [6, 6.07) is 6.97. The van der Waals surface area contributed by atoms with Gasteiger partial charge in [0.1, 0.15) is 0 Å². The van der Waals surface area contributed by atoms with E-state index in [1.807, 2.05) is 0 Å². The molecule has 0 amide bonds. The van der Waals surface area contributed by atoms with Gasteiger partial charge in [-0.1, -0.05) is 22.0 Å². The first-order valence-corrected chi connectivity index (χ1v) is 7.02. The molecule has 3 heteroatoms. The minimum absolute atomic E-state index is 0.524. The highest BCUT2D eigenvalue weighted by atomic mass is 79.9. The van der Waals surface area contributed by atoms with Gasteiger partial charge in [-0.3, -0.25) is 0 Å². The highest BCUT2D eigenvalue weighted by molar-refractivity contribution is 9.10. The molecule has 0 aromatic heterocycles. The molecular formula is C14H20BrNO. The van der Waals surface area contributed by atoms with Crippen LogP contribution in [0.5, 0.6) is 0 Å². The van der Waals surface area contributed by atoms with Crippen LogP contribution in [0.3, 0.4) is 0 Å². The van der Waals surface area contributed by atoms with Crippen LogP contribution in [-0.4, -0.2) is 19.3 Å². The van der Waals surface area contributed by atoms with Gasteiger partial charge in [0.25, 0.3) is 0 Å². The molecule has 1 fully saturated rings. The van der Waals surface area contributed by atoms with Gasteiger partial charge in [0, 0.05) is 23.7 Å². The van der Waals surface area contributed by atoms with E-state index in [0.717, 1.165) is 24.2 Å². The number of halogens is 1. The van der Waals surface area contributed by atoms with Crippen LogP contribution in [0.4, 0.5) is 0 Å². The molecule has 2 atom stereocenters. The summed E-state index contributed by atoms with van der Waals surface area (Å²) in [4.78, 5) is 0. The Bertz CT molecular complexity index is 374. The summed E-state index contributed by atoms with van der Waals surface area (Å²) in [5.41, 5.74) is 2.71. The predicted molar refractivity (Wildman–Crippen MR) is 74.1 cm³/mol. The largest absolute Gasteiger partial charge is 0.381 e. The standard InChI is InChI=1S/C14H20BrNO/c1-10-3-4-14(15)7-13(10)8-16-11(2)12-5-6-17-9-12/h3-4,7,11-12,16H,5-6,8-9H2,1-2H3/t11-,12-/m1/s1. The molecule has 0 saturated carbocycles. The minimum atomic E-state index is 0.524. The Morgan fingerprint density at radius 3 is 3.06 bits per heavy atom. The summed E-state index contributed by atoms with van der Waals surface area (Å²) in [6.45, 7) is 7.18. The Labute approximate surface area is 112 Å². The number of rotatable bonds is 4. The topological polar surface area (TPSA) is 21.3 Å². The molecule has 1 aliphatic heterocycles. The number of ether oxygens (including phenoxy) is 1. The fourth-order valence-corrected chi connectivity index (χ4v) is 2.62. The zero-order valence-electron chi connectivity index (χ0n) is 10.5. The molecule has 0 aliphatic carbocycles. The molecule has 0 spiro atoms. The number of nitrogens with one attached hydrogen (secondary N) is 1. The van der Waals surface area contributed by atoms with Crippen LogP contribution < -0.4 is 5.32 Å². The first-order chi connectivity index (χ1) is 8.16. The van der Waals surface area contributed by atoms with Gasteiger partial charge >= 0.3 is 0 Å². The molecule has 1 N–H and O–H groups in total. The van der Waals surface area contributed by atoms with Gasteiger partial charge in [0.05, 0.1) is 6.61 Å². The Morgan fingerprint density at radius 2 is 2.35 bits per heavy atom. The Balaban J connectivity index is 1.90. The molecule has 1 heterocycles. The molecule has 0 radical (unpaired) electrons. The number of hydrogen-bond donors (Lipinski definition) is 1. The van der Waals surface area contributed by atoms with E-state index in [-0.39, 0.29) is 0 Å². The van der Waals surface area contributed by atoms with Crippen molar-refractivity contribution in [3.05, 3.63) is 33.8 Å². The first kappa shape index (κ1) is 13.1. The monoisotopic (exact) mass is 297 g/mol. The third-order valence-electron chi connectivity index (χ3n) is 3.60. The summed E-state index contributed by atoms with van der Waals surface area (Å²) < 4.78 is 6.58. The lowest BCUT2D eigenvalue weighted by Crippen LogP contribution is -2.33. The van der Waals surface area contributed by atoms with E-state index >= 15 is 0 Å². The van der Waals surface area contributed by atoms with Crippen molar-refractivity contribution in [1.82, 2.24) is 5.32 Å². The fraction of sp³-hybridized carbons (Fsp3) is 0.571. The lowest BCUT2D eigenvalue weighted by molar-refractivity contribution is 0.178. The van der Waals surface area contributed by atoms with E-state index in [0.29, 0.717) is 12.0 Å². The van der Waals surface area contributed by atoms with Crippen molar-refractivity contribution in [2.45, 2.75) is 32.9 Å². The van der Waals surface area contributed by atoms with Crippen molar-refractivity contribution in [3.63, 3.8) is 0 Å². The van der Waals surface area contributed by atoms with Crippen LogP contribution in [-0.2, 0) is 11.3 Å². The summed E-state index contributed by atoms with van der Waals surface area (Å²) >= 11 is 3.52. The smallest absolute Gasteiger partial charge is 0.0509 e. The van der Waals surface area contributed by atoms with E-state index < -0.39 is 0 Å². The van der Waals surface area contributed by atoms with Crippen molar-refractivity contribution in [2.24, 2.45) is 5.92 Å². The quantitative estimate of drug-likeness (QED) is 0.921. The normalized spacial score (nSPS) is 21.7. The molecule has 94 valence electrons. The maximum absolute atomic E-state index is 5.43. The third-order valence-corrected chi connectivity index (χ3v) is 4.09. The van der Waals surface area contributed by atoms with Crippen LogP contribution in [0.25, 0.3) is 0 Å². The summed E-state index contributed by atoms with van der Waals surface area (Å²) in [7, 11) is 0. The maximum Gasteiger partial charge on any atom is 0.0509 e.